The standard InChI is InChI=1S/C35H34F2N4O3/c1-3-24-28(36)12-9-21-17-23(43)18-27(30(21)24)25-10-11-26-32(31(25)37)38-34(39-33(26)41-16-5-7-22(42)19-41)44-20-35-13-4-8-29(35)40(2)15-6-14-35/h1,5,7,9-12,17-18,22,29,42-43H,4,6,8,13-16,19-20H2,2H3. The largest absolute Gasteiger partial charge is 0.508 e. The summed E-state index contributed by atoms with van der Waals surface area (Å²) >= 11 is 0. The Morgan fingerprint density at radius 1 is 1.11 bits per heavy atom. The van der Waals surface area contributed by atoms with Gasteiger partial charge in [0.1, 0.15) is 22.9 Å². The van der Waals surface area contributed by atoms with Crippen LogP contribution in [0.4, 0.5) is 14.6 Å². The van der Waals surface area contributed by atoms with Gasteiger partial charge in [-0.1, -0.05) is 36.6 Å². The van der Waals surface area contributed by atoms with Gasteiger partial charge >= 0.3 is 6.01 Å². The third kappa shape index (κ3) is 4.73. The number of hydrogen-bond donors (Lipinski definition) is 2. The molecule has 0 radical (unpaired) electrons. The van der Waals surface area contributed by atoms with E-state index in [1.54, 1.807) is 18.2 Å². The van der Waals surface area contributed by atoms with Crippen molar-refractivity contribution in [3.8, 4) is 35.2 Å². The summed E-state index contributed by atoms with van der Waals surface area (Å²) in [5.74, 6) is 1.47. The Hall–Kier alpha value is -4.26. The fraction of sp³-hybridized carbons (Fsp3) is 0.371. The third-order valence-electron chi connectivity index (χ3n) is 9.71. The number of ether oxygens (including phenoxy) is 1. The Labute approximate surface area is 254 Å². The van der Waals surface area contributed by atoms with Gasteiger partial charge in [-0.15, -0.1) is 6.42 Å². The molecule has 7 nitrogen and oxygen atoms in total. The maximum Gasteiger partial charge on any atom is 0.319 e. The number of piperidine rings is 1. The smallest absolute Gasteiger partial charge is 0.319 e. The Kier molecular flexibility index (Phi) is 7.14. The molecule has 1 saturated heterocycles. The topological polar surface area (TPSA) is 82.0 Å². The maximum atomic E-state index is 16.8. The van der Waals surface area contributed by atoms with Crippen molar-refractivity contribution in [2.75, 3.05) is 38.2 Å². The lowest BCUT2D eigenvalue weighted by Gasteiger charge is -2.44. The summed E-state index contributed by atoms with van der Waals surface area (Å²) in [6, 6.07) is 9.37. The lowest BCUT2D eigenvalue weighted by atomic mass is 9.76. The first-order valence-corrected chi connectivity index (χ1v) is 15.1. The first-order chi connectivity index (χ1) is 21.3. The highest BCUT2D eigenvalue weighted by Gasteiger charge is 2.47. The van der Waals surface area contributed by atoms with Crippen LogP contribution in [0.25, 0.3) is 32.8 Å². The number of fused-ring (bicyclic) bond motifs is 3. The zero-order valence-electron chi connectivity index (χ0n) is 24.6. The van der Waals surface area contributed by atoms with Crippen molar-refractivity contribution < 1.29 is 23.7 Å². The predicted octanol–water partition coefficient (Wildman–Crippen LogP) is 5.80. The molecule has 3 atom stereocenters. The van der Waals surface area contributed by atoms with Crippen LogP contribution in [0, 0.1) is 29.4 Å². The van der Waals surface area contributed by atoms with Gasteiger partial charge in [-0.3, -0.25) is 0 Å². The van der Waals surface area contributed by atoms with Gasteiger partial charge in [-0.25, -0.2) is 8.78 Å². The number of halogens is 2. The lowest BCUT2D eigenvalue weighted by molar-refractivity contribution is 0.0133. The Bertz CT molecular complexity index is 1850. The second-order valence-corrected chi connectivity index (χ2v) is 12.4. The van der Waals surface area contributed by atoms with Crippen molar-refractivity contribution >= 4 is 27.5 Å². The van der Waals surface area contributed by atoms with Crippen molar-refractivity contribution in [2.24, 2.45) is 5.41 Å². The number of β-amino-alcohol motifs (C(OH)–C–C–N with tert-alkyl or cyclic N) is 1. The van der Waals surface area contributed by atoms with Gasteiger partial charge in [0.05, 0.1) is 18.3 Å². The summed E-state index contributed by atoms with van der Waals surface area (Å²) in [5.41, 5.74) is 0.373. The van der Waals surface area contributed by atoms with Crippen molar-refractivity contribution in [1.82, 2.24) is 14.9 Å². The molecule has 3 unspecified atom stereocenters. The minimum absolute atomic E-state index is 0.00783. The molecule has 3 heterocycles. The van der Waals surface area contributed by atoms with Crippen LogP contribution in [-0.2, 0) is 0 Å². The van der Waals surface area contributed by atoms with Gasteiger partial charge in [0, 0.05) is 40.9 Å². The highest BCUT2D eigenvalue weighted by atomic mass is 19.1. The van der Waals surface area contributed by atoms with Crippen LogP contribution in [0.1, 0.15) is 37.7 Å². The van der Waals surface area contributed by atoms with Crippen LogP contribution >= 0.6 is 0 Å². The van der Waals surface area contributed by atoms with Crippen molar-refractivity contribution in [3.05, 3.63) is 65.7 Å². The minimum Gasteiger partial charge on any atom is -0.508 e. The molecule has 1 saturated carbocycles. The molecular weight excluding hydrogens is 562 g/mol. The second kappa shape index (κ2) is 11.0. The monoisotopic (exact) mass is 596 g/mol. The van der Waals surface area contributed by atoms with E-state index in [1.165, 1.54) is 24.3 Å². The van der Waals surface area contributed by atoms with Crippen molar-refractivity contribution in [3.63, 3.8) is 0 Å². The van der Waals surface area contributed by atoms with E-state index in [1.807, 2.05) is 11.0 Å². The van der Waals surface area contributed by atoms with Crippen LogP contribution in [0.5, 0.6) is 11.8 Å². The molecule has 7 rings (SSSR count). The molecule has 2 N–H and O–H groups in total. The number of aromatic hydroxyl groups is 1. The number of aliphatic hydroxyl groups is 1. The Morgan fingerprint density at radius 2 is 1.95 bits per heavy atom. The first kappa shape index (κ1) is 28.5. The van der Waals surface area contributed by atoms with E-state index in [0.29, 0.717) is 41.2 Å². The summed E-state index contributed by atoms with van der Waals surface area (Å²) in [7, 11) is 2.17. The number of aliphatic hydroxyl groups excluding tert-OH is 1. The van der Waals surface area contributed by atoms with Gasteiger partial charge in [-0.2, -0.15) is 9.97 Å². The molecule has 2 fully saturated rings. The number of aromatic nitrogens is 2. The van der Waals surface area contributed by atoms with Gasteiger partial charge < -0.3 is 24.7 Å². The predicted molar refractivity (Wildman–Crippen MR) is 167 cm³/mol. The van der Waals surface area contributed by atoms with Crippen LogP contribution in [0.2, 0.25) is 0 Å². The van der Waals surface area contributed by atoms with Crippen LogP contribution in [0.3, 0.4) is 0 Å². The average molecular weight is 597 g/mol. The van der Waals surface area contributed by atoms with E-state index in [4.69, 9.17) is 16.1 Å². The molecule has 3 aromatic carbocycles. The molecule has 0 bridgehead atoms. The van der Waals surface area contributed by atoms with Crippen LogP contribution < -0.4 is 9.64 Å². The van der Waals surface area contributed by atoms with Crippen LogP contribution in [0.15, 0.2) is 48.6 Å². The zero-order chi connectivity index (χ0) is 30.6. The SMILES string of the molecule is C#Cc1c(F)ccc2cc(O)cc(-c3ccc4c(N5CC=CC(O)C5)nc(OCC56CCCC5N(C)CCC6)nc4c3F)c12. The minimum atomic E-state index is -0.700. The number of phenols is 1. The Balaban J connectivity index is 1.38. The first-order valence-electron chi connectivity index (χ1n) is 15.1. The fourth-order valence-corrected chi connectivity index (χ4v) is 7.68. The molecule has 0 spiro atoms. The molecule has 0 amide bonds. The number of anilines is 1. The van der Waals surface area contributed by atoms with Gasteiger partial charge in [0.15, 0.2) is 5.82 Å². The van der Waals surface area contributed by atoms with E-state index >= 15 is 4.39 Å². The van der Waals surface area contributed by atoms with Gasteiger partial charge in [0.25, 0.3) is 0 Å². The molecule has 44 heavy (non-hydrogen) atoms. The van der Waals surface area contributed by atoms with E-state index in [2.05, 4.69) is 22.9 Å². The number of terminal acetylenes is 1. The number of nitrogens with zero attached hydrogens (tertiary/aromatic N) is 4. The molecule has 1 aromatic heterocycles. The molecule has 2 aliphatic heterocycles. The Morgan fingerprint density at radius 3 is 2.77 bits per heavy atom. The summed E-state index contributed by atoms with van der Waals surface area (Å²) < 4.78 is 37.9. The van der Waals surface area contributed by atoms with E-state index < -0.39 is 17.7 Å². The number of benzene rings is 3. The molecular formula is C35H34F2N4O3. The number of likely N-dealkylation sites (tertiary alicyclic amines) is 1. The normalized spacial score (nSPS) is 23.7. The number of hydrogen-bond acceptors (Lipinski definition) is 7. The van der Waals surface area contributed by atoms with E-state index in [0.717, 1.165) is 38.6 Å². The van der Waals surface area contributed by atoms with Gasteiger partial charge in [-0.05, 0) is 74.5 Å². The molecule has 9 heteroatoms. The third-order valence-corrected chi connectivity index (χ3v) is 9.71. The molecule has 4 aromatic rings. The zero-order valence-corrected chi connectivity index (χ0v) is 24.6. The summed E-state index contributed by atoms with van der Waals surface area (Å²) in [4.78, 5) is 13.7. The fourth-order valence-electron chi connectivity index (χ4n) is 7.68. The number of rotatable bonds is 5. The highest BCUT2D eigenvalue weighted by molar-refractivity contribution is 6.04. The number of phenolic OH excluding ortho intramolecular Hbond substituents is 1. The second-order valence-electron chi connectivity index (χ2n) is 12.4. The van der Waals surface area contributed by atoms with Crippen molar-refractivity contribution in [2.45, 2.75) is 44.2 Å². The van der Waals surface area contributed by atoms with Gasteiger partial charge in [0.2, 0.25) is 0 Å². The van der Waals surface area contributed by atoms with E-state index in [9.17, 15) is 14.6 Å². The molecule has 226 valence electrons. The molecule has 1 aliphatic carbocycles. The van der Waals surface area contributed by atoms with E-state index in [-0.39, 0.29) is 45.9 Å². The van der Waals surface area contributed by atoms with Crippen molar-refractivity contribution in [1.29, 1.82) is 0 Å². The summed E-state index contributed by atoms with van der Waals surface area (Å²) in [5, 5.41) is 22.2. The van der Waals surface area contributed by atoms with Crippen LogP contribution in [-0.4, -0.2) is 70.5 Å². The maximum absolute atomic E-state index is 16.8. The quantitative estimate of drug-likeness (QED) is 0.223. The summed E-state index contributed by atoms with van der Waals surface area (Å²) in [6.45, 7) is 2.25. The lowest BCUT2D eigenvalue weighted by Crippen LogP contribution is -2.50. The average Bonchev–Trinajstić information content (AvgIpc) is 3.46. The molecule has 3 aliphatic rings. The highest BCUT2D eigenvalue weighted by Crippen LogP contribution is 2.47. The summed E-state index contributed by atoms with van der Waals surface area (Å²) in [6.07, 6.45) is 14.0.